The summed E-state index contributed by atoms with van der Waals surface area (Å²) >= 11 is 0. The number of hydrogen-bond acceptors (Lipinski definition) is 3. The number of hydrogen-bond donors (Lipinski definition) is 0. The maximum absolute atomic E-state index is 5.68. The highest BCUT2D eigenvalue weighted by Gasteiger charge is 2.32. The summed E-state index contributed by atoms with van der Waals surface area (Å²) < 4.78 is 17.0. The van der Waals surface area contributed by atoms with Gasteiger partial charge in [-0.3, -0.25) is 0 Å². The van der Waals surface area contributed by atoms with Gasteiger partial charge in [-0.15, -0.1) is 0 Å². The molecule has 0 aliphatic carbocycles. The lowest BCUT2D eigenvalue weighted by Gasteiger charge is -2.35. The molecule has 0 unspecified atom stereocenters. The minimum atomic E-state index is -1.23. The Hall–Kier alpha value is -0.730. The van der Waals surface area contributed by atoms with Crippen molar-refractivity contribution < 1.29 is 13.6 Å². The van der Waals surface area contributed by atoms with Gasteiger partial charge < -0.3 is 13.6 Å². The zero-order valence-electron chi connectivity index (χ0n) is 12.5. The molecule has 0 amide bonds. The Morgan fingerprint density at radius 3 is 2.40 bits per heavy atom. The van der Waals surface area contributed by atoms with E-state index in [1.807, 2.05) is 30.3 Å². The van der Waals surface area contributed by atoms with Crippen LogP contribution in [-0.2, 0) is 13.6 Å². The first-order chi connectivity index (χ1) is 9.47. The van der Waals surface area contributed by atoms with Crippen LogP contribution < -0.4 is 0 Å². The molecule has 1 heterocycles. The van der Waals surface area contributed by atoms with E-state index in [1.165, 1.54) is 0 Å². The van der Waals surface area contributed by atoms with Crippen molar-refractivity contribution in [3.63, 3.8) is 0 Å². The van der Waals surface area contributed by atoms with E-state index in [2.05, 4.69) is 27.4 Å². The molecule has 1 aromatic carbocycles. The Labute approximate surface area is 122 Å². The monoisotopic (exact) mass is 294 g/mol. The van der Waals surface area contributed by atoms with Gasteiger partial charge in [0, 0.05) is 5.92 Å². The summed E-state index contributed by atoms with van der Waals surface area (Å²) in [4.78, 5) is 0. The van der Waals surface area contributed by atoms with Gasteiger partial charge in [-0.05, 0) is 16.6 Å². The lowest BCUT2D eigenvalue weighted by atomic mass is 9.82. The van der Waals surface area contributed by atoms with Crippen LogP contribution in [-0.4, -0.2) is 19.8 Å². The molecule has 110 valence electrons. The van der Waals surface area contributed by atoms with E-state index in [0.717, 1.165) is 11.1 Å². The molecule has 0 saturated carbocycles. The molecule has 0 spiro atoms. The van der Waals surface area contributed by atoms with Crippen LogP contribution in [0.2, 0.25) is 0 Å². The Bertz CT molecular complexity index is 431. The van der Waals surface area contributed by atoms with Crippen LogP contribution in [0.5, 0.6) is 0 Å². The van der Waals surface area contributed by atoms with Crippen molar-refractivity contribution >= 4 is 14.2 Å². The molecule has 0 bridgehead atoms. The van der Waals surface area contributed by atoms with Crippen molar-refractivity contribution in [2.75, 3.05) is 19.8 Å². The zero-order valence-corrected chi connectivity index (χ0v) is 13.4. The molecule has 1 fully saturated rings. The van der Waals surface area contributed by atoms with Crippen LogP contribution >= 0.6 is 8.60 Å². The molecular weight excluding hydrogens is 271 g/mol. The summed E-state index contributed by atoms with van der Waals surface area (Å²) in [6.45, 7) is 12.5. The van der Waals surface area contributed by atoms with Crippen LogP contribution in [0.1, 0.15) is 26.3 Å². The van der Waals surface area contributed by atoms with Gasteiger partial charge in [-0.2, -0.15) is 0 Å². The van der Waals surface area contributed by atoms with Crippen molar-refractivity contribution in [3.8, 4) is 0 Å². The minimum absolute atomic E-state index is 0.203. The van der Waals surface area contributed by atoms with Crippen LogP contribution in [0.4, 0.5) is 0 Å². The van der Waals surface area contributed by atoms with Gasteiger partial charge in [0.1, 0.15) is 0 Å². The molecule has 4 heteroatoms. The summed E-state index contributed by atoms with van der Waals surface area (Å²) in [5, 5.41) is 0. The van der Waals surface area contributed by atoms with Crippen molar-refractivity contribution in [2.45, 2.75) is 20.8 Å². The van der Waals surface area contributed by atoms with Gasteiger partial charge >= 0.3 is 8.60 Å². The van der Waals surface area contributed by atoms with E-state index in [4.69, 9.17) is 13.6 Å². The second kappa shape index (κ2) is 6.82. The Morgan fingerprint density at radius 1 is 1.25 bits per heavy atom. The highest BCUT2D eigenvalue weighted by Crippen LogP contribution is 2.47. The summed E-state index contributed by atoms with van der Waals surface area (Å²) in [6.07, 6.45) is 0. The number of rotatable bonds is 4. The summed E-state index contributed by atoms with van der Waals surface area (Å²) in [7, 11) is -1.23. The predicted molar refractivity (Wildman–Crippen MR) is 83.2 cm³/mol. The first-order valence-electron chi connectivity index (χ1n) is 6.89. The van der Waals surface area contributed by atoms with E-state index < -0.39 is 8.60 Å². The van der Waals surface area contributed by atoms with E-state index in [1.54, 1.807) is 0 Å². The van der Waals surface area contributed by atoms with Crippen LogP contribution in [0, 0.1) is 11.3 Å². The first-order valence-corrected chi connectivity index (χ1v) is 7.98. The van der Waals surface area contributed by atoms with Crippen molar-refractivity contribution in [2.24, 2.45) is 11.3 Å². The average Bonchev–Trinajstić information content (AvgIpc) is 2.45. The fourth-order valence-corrected chi connectivity index (χ4v) is 2.94. The molecule has 20 heavy (non-hydrogen) atoms. The lowest BCUT2D eigenvalue weighted by molar-refractivity contribution is 0.0268. The smallest absolute Gasteiger partial charge is 0.312 e. The van der Waals surface area contributed by atoms with Gasteiger partial charge in [0.2, 0.25) is 0 Å². The van der Waals surface area contributed by atoms with E-state index in [0.29, 0.717) is 25.7 Å². The van der Waals surface area contributed by atoms with Gasteiger partial charge in [-0.25, -0.2) is 0 Å². The molecule has 0 aromatic heterocycles. The molecule has 1 aliphatic heterocycles. The molecule has 3 nitrogen and oxygen atoms in total. The lowest BCUT2D eigenvalue weighted by Crippen LogP contribution is -2.31. The average molecular weight is 294 g/mol. The molecule has 0 atom stereocenters. The third-order valence-electron chi connectivity index (χ3n) is 3.51. The van der Waals surface area contributed by atoms with Crippen molar-refractivity contribution in [1.29, 1.82) is 0 Å². The van der Waals surface area contributed by atoms with E-state index in [9.17, 15) is 0 Å². The second-order valence-corrected chi connectivity index (χ2v) is 7.34. The van der Waals surface area contributed by atoms with Crippen LogP contribution in [0.25, 0.3) is 5.57 Å². The Morgan fingerprint density at radius 2 is 1.85 bits per heavy atom. The summed E-state index contributed by atoms with van der Waals surface area (Å²) in [5.41, 5.74) is 2.24. The Kier molecular flexibility index (Phi) is 5.34. The van der Waals surface area contributed by atoms with Gasteiger partial charge in [0.25, 0.3) is 0 Å². The molecule has 1 aliphatic rings. The molecule has 2 rings (SSSR count). The van der Waals surface area contributed by atoms with Crippen LogP contribution in [0.3, 0.4) is 0 Å². The standard InChI is InChI=1S/C16H23O3P/c1-13(14-8-6-5-7-9-14)10-17-20-18-11-15(12-19-20)16(2,3)4/h5-9,15H,1,10-12H2,2-4H3. The number of benzene rings is 1. The topological polar surface area (TPSA) is 27.7 Å². The SMILES string of the molecule is C=C(COP1OCC(C(C)(C)C)CO1)c1ccccc1. The second-order valence-electron chi connectivity index (χ2n) is 6.12. The van der Waals surface area contributed by atoms with Gasteiger partial charge in [0.15, 0.2) is 0 Å². The zero-order chi connectivity index (χ0) is 14.6. The normalized spacial score (nSPS) is 23.6. The predicted octanol–water partition coefficient (Wildman–Crippen LogP) is 4.65. The third kappa shape index (κ3) is 4.39. The Balaban J connectivity index is 1.75. The van der Waals surface area contributed by atoms with E-state index in [-0.39, 0.29) is 5.41 Å². The van der Waals surface area contributed by atoms with Crippen molar-refractivity contribution in [1.82, 2.24) is 0 Å². The summed E-state index contributed by atoms with van der Waals surface area (Å²) in [6, 6.07) is 10.0. The minimum Gasteiger partial charge on any atom is -0.312 e. The van der Waals surface area contributed by atoms with Gasteiger partial charge in [0.05, 0.1) is 19.8 Å². The van der Waals surface area contributed by atoms with Crippen molar-refractivity contribution in [3.05, 3.63) is 42.5 Å². The first kappa shape index (κ1) is 15.7. The molecule has 0 radical (unpaired) electrons. The highest BCUT2D eigenvalue weighted by molar-refractivity contribution is 7.41. The molecule has 0 N–H and O–H groups in total. The summed E-state index contributed by atoms with van der Waals surface area (Å²) in [5.74, 6) is 0.419. The third-order valence-corrected chi connectivity index (χ3v) is 4.57. The van der Waals surface area contributed by atoms with Crippen LogP contribution in [0.15, 0.2) is 36.9 Å². The van der Waals surface area contributed by atoms with Gasteiger partial charge in [-0.1, -0.05) is 57.7 Å². The molecular formula is C16H23O3P. The molecule has 1 aromatic rings. The fraction of sp³-hybridized carbons (Fsp3) is 0.500. The largest absolute Gasteiger partial charge is 0.333 e. The van der Waals surface area contributed by atoms with E-state index >= 15 is 0 Å². The fourth-order valence-electron chi connectivity index (χ4n) is 1.85. The maximum Gasteiger partial charge on any atom is 0.333 e. The molecule has 1 saturated heterocycles. The quantitative estimate of drug-likeness (QED) is 0.756. The highest BCUT2D eigenvalue weighted by atomic mass is 31.2. The maximum atomic E-state index is 5.68.